The Hall–Kier alpha value is -0.600. The van der Waals surface area contributed by atoms with Crippen molar-refractivity contribution >= 4 is 11.6 Å². The first-order valence-corrected chi connectivity index (χ1v) is 5.70. The molecule has 15 heavy (non-hydrogen) atoms. The van der Waals surface area contributed by atoms with Crippen molar-refractivity contribution in [1.29, 1.82) is 0 Å². The van der Waals surface area contributed by atoms with Crippen molar-refractivity contribution in [3.8, 4) is 0 Å². The van der Waals surface area contributed by atoms with Gasteiger partial charge in [-0.3, -0.25) is 0 Å². The number of halogens is 2. The molecule has 1 N–H and O–H groups in total. The smallest absolute Gasteiger partial charge is 0.142 e. The number of aryl methyl sites for hydroxylation is 1. The SMILES string of the molecule is Cc1cc(F)c(Cl)cc1CC1CCNC1. The van der Waals surface area contributed by atoms with Crippen molar-refractivity contribution in [2.45, 2.75) is 19.8 Å². The lowest BCUT2D eigenvalue weighted by molar-refractivity contribution is 0.575. The Kier molecular flexibility index (Phi) is 3.27. The highest BCUT2D eigenvalue weighted by molar-refractivity contribution is 6.30. The van der Waals surface area contributed by atoms with E-state index >= 15 is 0 Å². The number of rotatable bonds is 2. The minimum Gasteiger partial charge on any atom is -0.316 e. The molecule has 0 aliphatic carbocycles. The quantitative estimate of drug-likeness (QED) is 0.819. The maximum absolute atomic E-state index is 13.1. The largest absolute Gasteiger partial charge is 0.316 e. The van der Waals surface area contributed by atoms with E-state index in [0.29, 0.717) is 5.92 Å². The molecule has 1 saturated heterocycles. The van der Waals surface area contributed by atoms with Crippen LogP contribution in [0.15, 0.2) is 12.1 Å². The second-order valence-corrected chi connectivity index (χ2v) is 4.66. The lowest BCUT2D eigenvalue weighted by Gasteiger charge is -2.11. The Morgan fingerprint density at radius 3 is 3.00 bits per heavy atom. The van der Waals surface area contributed by atoms with Crippen LogP contribution in [0.25, 0.3) is 0 Å². The summed E-state index contributed by atoms with van der Waals surface area (Å²) in [7, 11) is 0. The summed E-state index contributed by atoms with van der Waals surface area (Å²) in [5, 5.41) is 3.57. The fourth-order valence-electron chi connectivity index (χ4n) is 2.11. The molecule has 0 saturated carbocycles. The molecule has 0 amide bonds. The molecule has 1 aliphatic heterocycles. The molecule has 82 valence electrons. The van der Waals surface area contributed by atoms with E-state index < -0.39 is 0 Å². The summed E-state index contributed by atoms with van der Waals surface area (Å²) in [6.45, 7) is 4.10. The van der Waals surface area contributed by atoms with Gasteiger partial charge in [-0.25, -0.2) is 4.39 Å². The van der Waals surface area contributed by atoms with Crippen molar-refractivity contribution in [2.75, 3.05) is 13.1 Å². The number of hydrogen-bond donors (Lipinski definition) is 1. The summed E-state index contributed by atoms with van der Waals surface area (Å²) in [4.78, 5) is 0. The molecule has 3 heteroatoms. The topological polar surface area (TPSA) is 12.0 Å². The zero-order valence-electron chi connectivity index (χ0n) is 8.82. The van der Waals surface area contributed by atoms with Crippen LogP contribution in [-0.2, 0) is 6.42 Å². The summed E-state index contributed by atoms with van der Waals surface area (Å²) in [6.07, 6.45) is 2.20. The normalized spacial score (nSPS) is 20.9. The van der Waals surface area contributed by atoms with Crippen LogP contribution in [0.5, 0.6) is 0 Å². The molecular weight excluding hydrogens is 213 g/mol. The maximum atomic E-state index is 13.1. The van der Waals surface area contributed by atoms with Gasteiger partial charge >= 0.3 is 0 Å². The molecular formula is C12H15ClFN. The maximum Gasteiger partial charge on any atom is 0.142 e. The van der Waals surface area contributed by atoms with Crippen LogP contribution in [0.1, 0.15) is 17.5 Å². The molecule has 1 nitrogen and oxygen atoms in total. The van der Waals surface area contributed by atoms with Gasteiger partial charge in [0.15, 0.2) is 0 Å². The standard InChI is InChI=1S/C12H15ClFN/c1-8-4-12(14)11(13)6-10(8)5-9-2-3-15-7-9/h4,6,9,15H,2-3,5,7H2,1H3. The third-order valence-electron chi connectivity index (χ3n) is 3.05. The van der Waals surface area contributed by atoms with Crippen LogP contribution >= 0.6 is 11.6 Å². The van der Waals surface area contributed by atoms with Crippen LogP contribution in [0.3, 0.4) is 0 Å². The summed E-state index contributed by atoms with van der Waals surface area (Å²) >= 11 is 5.78. The van der Waals surface area contributed by atoms with Crippen molar-refractivity contribution in [1.82, 2.24) is 5.32 Å². The number of nitrogens with one attached hydrogen (secondary N) is 1. The number of hydrogen-bond acceptors (Lipinski definition) is 1. The second-order valence-electron chi connectivity index (χ2n) is 4.26. The average Bonchev–Trinajstić information content (AvgIpc) is 2.67. The van der Waals surface area contributed by atoms with Gasteiger partial charge in [0.25, 0.3) is 0 Å². The second kappa shape index (κ2) is 4.50. The van der Waals surface area contributed by atoms with E-state index in [4.69, 9.17) is 11.6 Å². The van der Waals surface area contributed by atoms with E-state index in [1.54, 1.807) is 6.07 Å². The van der Waals surface area contributed by atoms with Crippen molar-refractivity contribution < 1.29 is 4.39 Å². The average molecular weight is 228 g/mol. The van der Waals surface area contributed by atoms with Crippen molar-refractivity contribution in [3.63, 3.8) is 0 Å². The first-order chi connectivity index (χ1) is 7.16. The molecule has 1 aliphatic rings. The Labute approximate surface area is 94.6 Å². The van der Waals surface area contributed by atoms with E-state index in [1.807, 2.05) is 6.92 Å². The van der Waals surface area contributed by atoms with Gasteiger partial charge in [0.05, 0.1) is 5.02 Å². The zero-order valence-corrected chi connectivity index (χ0v) is 9.57. The van der Waals surface area contributed by atoms with Crippen LogP contribution < -0.4 is 5.32 Å². The highest BCUT2D eigenvalue weighted by atomic mass is 35.5. The highest BCUT2D eigenvalue weighted by Crippen LogP contribution is 2.23. The van der Waals surface area contributed by atoms with Crippen LogP contribution in [-0.4, -0.2) is 13.1 Å². The minimum absolute atomic E-state index is 0.238. The Morgan fingerprint density at radius 1 is 1.53 bits per heavy atom. The van der Waals surface area contributed by atoms with Gasteiger partial charge in [0.1, 0.15) is 5.82 Å². The van der Waals surface area contributed by atoms with Gasteiger partial charge in [0.2, 0.25) is 0 Å². The first-order valence-electron chi connectivity index (χ1n) is 5.32. The molecule has 1 atom stereocenters. The predicted octanol–water partition coefficient (Wildman–Crippen LogP) is 2.94. The molecule has 1 aromatic rings. The van der Waals surface area contributed by atoms with Crippen LogP contribution in [0.2, 0.25) is 5.02 Å². The van der Waals surface area contributed by atoms with Gasteiger partial charge in [-0.15, -0.1) is 0 Å². The molecule has 0 bridgehead atoms. The summed E-state index contributed by atoms with van der Waals surface area (Å²) in [5.74, 6) is 0.354. The minimum atomic E-state index is -0.317. The van der Waals surface area contributed by atoms with Crippen molar-refractivity contribution in [3.05, 3.63) is 34.1 Å². The van der Waals surface area contributed by atoms with Gasteiger partial charge in [-0.05, 0) is 62.0 Å². The monoisotopic (exact) mass is 227 g/mol. The molecule has 1 fully saturated rings. The van der Waals surface area contributed by atoms with E-state index in [-0.39, 0.29) is 10.8 Å². The van der Waals surface area contributed by atoms with Gasteiger partial charge in [-0.1, -0.05) is 11.6 Å². The molecule has 1 unspecified atom stereocenters. The lowest BCUT2D eigenvalue weighted by atomic mass is 9.95. The molecule has 0 aromatic heterocycles. The van der Waals surface area contributed by atoms with Gasteiger partial charge in [-0.2, -0.15) is 0 Å². The van der Waals surface area contributed by atoms with E-state index in [0.717, 1.165) is 25.1 Å². The first kappa shape index (κ1) is 10.9. The summed E-state index contributed by atoms with van der Waals surface area (Å²) in [5.41, 5.74) is 2.18. The fourth-order valence-corrected chi connectivity index (χ4v) is 2.29. The van der Waals surface area contributed by atoms with Crippen LogP contribution in [0, 0.1) is 18.7 Å². The number of benzene rings is 1. The fraction of sp³-hybridized carbons (Fsp3) is 0.500. The van der Waals surface area contributed by atoms with E-state index in [9.17, 15) is 4.39 Å². The van der Waals surface area contributed by atoms with Crippen molar-refractivity contribution in [2.24, 2.45) is 5.92 Å². The Balaban J connectivity index is 2.16. The molecule has 0 spiro atoms. The summed E-state index contributed by atoms with van der Waals surface area (Å²) < 4.78 is 13.1. The zero-order chi connectivity index (χ0) is 10.8. The summed E-state index contributed by atoms with van der Waals surface area (Å²) in [6, 6.07) is 3.30. The molecule has 1 aromatic carbocycles. The molecule has 2 rings (SSSR count). The Bertz CT molecular complexity index is 359. The van der Waals surface area contributed by atoms with Gasteiger partial charge in [0, 0.05) is 0 Å². The van der Waals surface area contributed by atoms with E-state index in [1.165, 1.54) is 18.1 Å². The lowest BCUT2D eigenvalue weighted by Crippen LogP contribution is -2.11. The molecule has 1 heterocycles. The van der Waals surface area contributed by atoms with Crippen LogP contribution in [0.4, 0.5) is 4.39 Å². The Morgan fingerprint density at radius 2 is 2.33 bits per heavy atom. The third kappa shape index (κ3) is 2.50. The predicted molar refractivity (Wildman–Crippen MR) is 60.8 cm³/mol. The van der Waals surface area contributed by atoms with E-state index in [2.05, 4.69) is 5.32 Å². The van der Waals surface area contributed by atoms with Gasteiger partial charge < -0.3 is 5.32 Å². The molecule has 0 radical (unpaired) electrons. The highest BCUT2D eigenvalue weighted by Gasteiger charge is 2.16. The third-order valence-corrected chi connectivity index (χ3v) is 3.34.